The van der Waals surface area contributed by atoms with E-state index in [0.29, 0.717) is 0 Å². The number of rotatable bonds is 1. The zero-order chi connectivity index (χ0) is 7.03. The lowest BCUT2D eigenvalue weighted by Gasteiger charge is -2.30. The summed E-state index contributed by atoms with van der Waals surface area (Å²) >= 11 is 3.65. The lowest BCUT2D eigenvalue weighted by molar-refractivity contribution is 0.246. The van der Waals surface area contributed by atoms with Gasteiger partial charge in [-0.15, -0.1) is 0 Å². The first-order valence-corrected chi connectivity index (χ1v) is 5.53. The van der Waals surface area contributed by atoms with Crippen LogP contribution < -0.4 is 0 Å². The summed E-state index contributed by atoms with van der Waals surface area (Å²) in [6.07, 6.45) is 9.06. The van der Waals surface area contributed by atoms with E-state index in [1.807, 2.05) is 0 Å². The first-order chi connectivity index (χ1) is 4.85. The van der Waals surface area contributed by atoms with Crippen LogP contribution in [-0.4, -0.2) is 5.33 Å². The molecule has 0 nitrogen and oxygen atoms in total. The molecule has 2 saturated carbocycles. The number of alkyl halides is 1. The van der Waals surface area contributed by atoms with Crippen molar-refractivity contribution in [1.82, 2.24) is 0 Å². The topological polar surface area (TPSA) is 0 Å². The molecule has 0 N–H and O–H groups in total. The highest BCUT2D eigenvalue weighted by molar-refractivity contribution is 9.09. The van der Waals surface area contributed by atoms with Crippen molar-refractivity contribution < 1.29 is 0 Å². The van der Waals surface area contributed by atoms with Crippen LogP contribution >= 0.6 is 15.9 Å². The molecule has 58 valence electrons. The predicted octanol–water partition coefficient (Wildman–Crippen LogP) is 3.35. The van der Waals surface area contributed by atoms with Gasteiger partial charge in [0.05, 0.1) is 0 Å². The van der Waals surface area contributed by atoms with Gasteiger partial charge in [0, 0.05) is 5.33 Å². The molecular formula is C9H15Br. The Morgan fingerprint density at radius 3 is 2.90 bits per heavy atom. The normalized spacial score (nSPS) is 45.9. The van der Waals surface area contributed by atoms with Crippen molar-refractivity contribution in [2.75, 3.05) is 5.33 Å². The van der Waals surface area contributed by atoms with Crippen LogP contribution in [0.4, 0.5) is 0 Å². The number of hydrogen-bond donors (Lipinski definition) is 0. The molecule has 2 unspecified atom stereocenters. The minimum Gasteiger partial charge on any atom is -0.0922 e. The van der Waals surface area contributed by atoms with Gasteiger partial charge < -0.3 is 0 Å². The Bertz CT molecular complexity index is 129. The summed E-state index contributed by atoms with van der Waals surface area (Å²) in [6, 6.07) is 0. The molecule has 2 fully saturated rings. The molecular weight excluding hydrogens is 188 g/mol. The second kappa shape index (κ2) is 2.51. The van der Waals surface area contributed by atoms with E-state index < -0.39 is 0 Å². The van der Waals surface area contributed by atoms with Gasteiger partial charge in [-0.3, -0.25) is 0 Å². The smallest absolute Gasteiger partial charge is 0.00880 e. The van der Waals surface area contributed by atoms with Gasteiger partial charge in [-0.2, -0.15) is 0 Å². The summed E-state index contributed by atoms with van der Waals surface area (Å²) in [5.41, 5.74) is 0.753. The average molecular weight is 203 g/mol. The maximum Gasteiger partial charge on any atom is 0.00880 e. The van der Waals surface area contributed by atoms with Crippen molar-refractivity contribution in [3.63, 3.8) is 0 Å². The second-order valence-corrected chi connectivity index (χ2v) is 4.70. The Kier molecular flexibility index (Phi) is 1.79. The van der Waals surface area contributed by atoms with E-state index >= 15 is 0 Å². The zero-order valence-corrected chi connectivity index (χ0v) is 7.99. The quantitative estimate of drug-likeness (QED) is 0.573. The Hall–Kier alpha value is 0.480. The Morgan fingerprint density at radius 1 is 1.30 bits per heavy atom. The highest BCUT2D eigenvalue weighted by Crippen LogP contribution is 2.51. The first-order valence-electron chi connectivity index (χ1n) is 4.41. The van der Waals surface area contributed by atoms with Gasteiger partial charge in [-0.25, -0.2) is 0 Å². The fourth-order valence-corrected chi connectivity index (χ4v) is 3.54. The Balaban J connectivity index is 2.10. The summed E-state index contributed by atoms with van der Waals surface area (Å²) in [7, 11) is 0. The number of hydrogen-bond acceptors (Lipinski definition) is 0. The Labute approximate surface area is 71.5 Å². The second-order valence-electron chi connectivity index (χ2n) is 4.13. The summed E-state index contributed by atoms with van der Waals surface area (Å²) in [5, 5.41) is 1.26. The molecule has 2 aliphatic carbocycles. The molecule has 0 saturated heterocycles. The van der Waals surface area contributed by atoms with Crippen LogP contribution in [0.25, 0.3) is 0 Å². The SMILES string of the molecule is BrCC12CCCC(CC1)C2. The molecule has 2 aliphatic rings. The minimum atomic E-state index is 0.753. The maximum atomic E-state index is 3.65. The van der Waals surface area contributed by atoms with Gasteiger partial charge >= 0.3 is 0 Å². The van der Waals surface area contributed by atoms with Crippen LogP contribution in [0.2, 0.25) is 0 Å². The van der Waals surface area contributed by atoms with Crippen molar-refractivity contribution in [2.24, 2.45) is 11.3 Å². The molecule has 0 aromatic heterocycles. The summed E-state index contributed by atoms with van der Waals surface area (Å²) in [4.78, 5) is 0. The van der Waals surface area contributed by atoms with Crippen LogP contribution in [0.1, 0.15) is 38.5 Å². The zero-order valence-electron chi connectivity index (χ0n) is 6.41. The van der Waals surface area contributed by atoms with Crippen LogP contribution in [0.3, 0.4) is 0 Å². The van der Waals surface area contributed by atoms with E-state index in [0.717, 1.165) is 11.3 Å². The minimum absolute atomic E-state index is 0.753. The van der Waals surface area contributed by atoms with Crippen molar-refractivity contribution in [1.29, 1.82) is 0 Å². The lowest BCUT2D eigenvalue weighted by Crippen LogP contribution is -2.22. The number of fused-ring (bicyclic) bond motifs is 2. The molecule has 1 heteroatoms. The van der Waals surface area contributed by atoms with E-state index in [4.69, 9.17) is 0 Å². The van der Waals surface area contributed by atoms with Gasteiger partial charge in [-0.1, -0.05) is 28.8 Å². The molecule has 0 radical (unpaired) electrons. The van der Waals surface area contributed by atoms with Crippen molar-refractivity contribution in [2.45, 2.75) is 38.5 Å². The van der Waals surface area contributed by atoms with E-state index in [1.54, 1.807) is 0 Å². The molecule has 0 aromatic carbocycles. The fourth-order valence-electron chi connectivity index (χ4n) is 2.75. The molecule has 0 heterocycles. The highest BCUT2D eigenvalue weighted by atomic mass is 79.9. The average Bonchev–Trinajstić information content (AvgIpc) is 2.29. The third-order valence-corrected chi connectivity index (χ3v) is 4.60. The van der Waals surface area contributed by atoms with E-state index in [-0.39, 0.29) is 0 Å². The van der Waals surface area contributed by atoms with E-state index in [1.165, 1.54) is 43.9 Å². The molecule has 2 atom stereocenters. The number of halogens is 1. The molecule has 0 spiro atoms. The predicted molar refractivity (Wildman–Crippen MR) is 47.4 cm³/mol. The van der Waals surface area contributed by atoms with Gasteiger partial charge in [0.15, 0.2) is 0 Å². The first kappa shape index (κ1) is 7.15. The molecule has 0 aromatic rings. The molecule has 2 bridgehead atoms. The van der Waals surface area contributed by atoms with Gasteiger partial charge in [0.2, 0.25) is 0 Å². The highest BCUT2D eigenvalue weighted by Gasteiger charge is 2.40. The molecule has 10 heavy (non-hydrogen) atoms. The van der Waals surface area contributed by atoms with E-state index in [2.05, 4.69) is 15.9 Å². The van der Waals surface area contributed by atoms with E-state index in [9.17, 15) is 0 Å². The summed E-state index contributed by atoms with van der Waals surface area (Å²) < 4.78 is 0. The summed E-state index contributed by atoms with van der Waals surface area (Å²) in [6.45, 7) is 0. The third kappa shape index (κ3) is 1.03. The summed E-state index contributed by atoms with van der Waals surface area (Å²) in [5.74, 6) is 1.10. The standard InChI is InChI=1S/C9H15Br/c10-7-9-4-1-2-8(6-9)3-5-9/h8H,1-7H2. The third-order valence-electron chi connectivity index (χ3n) is 3.41. The molecule has 0 amide bonds. The molecule has 2 rings (SSSR count). The lowest BCUT2D eigenvalue weighted by atomic mass is 9.77. The van der Waals surface area contributed by atoms with Crippen molar-refractivity contribution >= 4 is 15.9 Å². The van der Waals surface area contributed by atoms with Gasteiger partial charge in [-0.05, 0) is 37.0 Å². The van der Waals surface area contributed by atoms with Crippen LogP contribution in [-0.2, 0) is 0 Å². The van der Waals surface area contributed by atoms with Crippen molar-refractivity contribution in [3.8, 4) is 0 Å². The van der Waals surface area contributed by atoms with Crippen LogP contribution in [0.5, 0.6) is 0 Å². The molecule has 0 aliphatic heterocycles. The van der Waals surface area contributed by atoms with Crippen LogP contribution in [0, 0.1) is 11.3 Å². The largest absolute Gasteiger partial charge is 0.0922 e. The van der Waals surface area contributed by atoms with Gasteiger partial charge in [0.1, 0.15) is 0 Å². The Morgan fingerprint density at radius 2 is 2.20 bits per heavy atom. The maximum absolute atomic E-state index is 3.65. The van der Waals surface area contributed by atoms with Crippen molar-refractivity contribution in [3.05, 3.63) is 0 Å². The monoisotopic (exact) mass is 202 g/mol. The fraction of sp³-hybridized carbons (Fsp3) is 1.00. The van der Waals surface area contributed by atoms with Gasteiger partial charge in [0.25, 0.3) is 0 Å². The van der Waals surface area contributed by atoms with Crippen LogP contribution in [0.15, 0.2) is 0 Å².